The van der Waals surface area contributed by atoms with E-state index in [0.29, 0.717) is 31.6 Å². The molecule has 0 unspecified atom stereocenters. The second-order valence-corrected chi connectivity index (χ2v) is 20.2. The van der Waals surface area contributed by atoms with E-state index < -0.39 is 32.0 Å². The number of fused-ring (bicyclic) bond motifs is 4. The monoisotopic (exact) mass is 669 g/mol. The highest BCUT2D eigenvalue weighted by Crippen LogP contribution is 2.54. The van der Waals surface area contributed by atoms with Crippen molar-refractivity contribution in [3.63, 3.8) is 0 Å². The zero-order valence-corrected chi connectivity index (χ0v) is 29.9. The molecule has 0 aliphatic heterocycles. The molecular formula is C39H47NO7Si. The topological polar surface area (TPSA) is 91.4 Å². The van der Waals surface area contributed by atoms with Crippen LogP contribution in [0.25, 0.3) is 11.1 Å². The van der Waals surface area contributed by atoms with Crippen LogP contribution in [0, 0.1) is 17.3 Å². The van der Waals surface area contributed by atoms with Crippen molar-refractivity contribution in [1.82, 2.24) is 5.06 Å². The van der Waals surface area contributed by atoms with Gasteiger partial charge in [-0.3, -0.25) is 9.63 Å². The van der Waals surface area contributed by atoms with Crippen molar-refractivity contribution in [3.05, 3.63) is 90.0 Å². The molecule has 0 saturated heterocycles. The number of hydrogen-bond acceptors (Lipinski definition) is 7. The van der Waals surface area contributed by atoms with Crippen molar-refractivity contribution in [2.45, 2.75) is 83.5 Å². The van der Waals surface area contributed by atoms with Gasteiger partial charge in [0.15, 0.2) is 8.32 Å². The zero-order chi connectivity index (χ0) is 34.3. The number of carbonyl (C=O) groups is 3. The number of nitrogens with zero attached hydrogens (tertiary/aromatic N) is 1. The maximum Gasteiger partial charge on any atom is 0.539 e. The van der Waals surface area contributed by atoms with Crippen molar-refractivity contribution in [1.29, 1.82) is 0 Å². The molecule has 8 nitrogen and oxygen atoms in total. The number of Topliss-reactive ketones (excluding diaryl/α,β-unsaturated/α-hetero) is 1. The Balaban J connectivity index is 1.26. The minimum atomic E-state index is -2.19. The van der Waals surface area contributed by atoms with Crippen LogP contribution in [0.1, 0.15) is 70.4 Å². The molecule has 9 heteroatoms. The fourth-order valence-corrected chi connectivity index (χ4v) is 8.59. The molecule has 4 atom stereocenters. The van der Waals surface area contributed by atoms with Crippen LogP contribution in [-0.2, 0) is 18.8 Å². The minimum Gasteiger partial charge on any atom is -0.446 e. The van der Waals surface area contributed by atoms with E-state index in [4.69, 9.17) is 18.7 Å². The molecule has 2 fully saturated rings. The van der Waals surface area contributed by atoms with Gasteiger partial charge in [0, 0.05) is 18.9 Å². The highest BCUT2D eigenvalue weighted by Gasteiger charge is 2.58. The first-order chi connectivity index (χ1) is 22.8. The molecule has 2 saturated carbocycles. The van der Waals surface area contributed by atoms with Crippen molar-refractivity contribution in [3.8, 4) is 16.9 Å². The Morgan fingerprint density at radius 1 is 0.896 bits per heavy atom. The number of ether oxygens (including phenoxy) is 2. The molecule has 3 aliphatic rings. The largest absolute Gasteiger partial charge is 0.539 e. The molecule has 6 rings (SSSR count). The predicted octanol–water partition coefficient (Wildman–Crippen LogP) is 9.15. The summed E-state index contributed by atoms with van der Waals surface area (Å²) in [4.78, 5) is 46.9. The van der Waals surface area contributed by atoms with Gasteiger partial charge in [-0.25, -0.2) is 9.59 Å². The summed E-state index contributed by atoms with van der Waals surface area (Å²) in [5.74, 6) is 0.470. The van der Waals surface area contributed by atoms with Gasteiger partial charge in [-0.1, -0.05) is 94.4 Å². The van der Waals surface area contributed by atoms with E-state index >= 15 is 0 Å². The Labute approximate surface area is 284 Å². The number of benzene rings is 3. The molecule has 254 valence electrons. The molecule has 0 radical (unpaired) electrons. The minimum absolute atomic E-state index is 0.0267. The van der Waals surface area contributed by atoms with Gasteiger partial charge in [-0.2, -0.15) is 0 Å². The lowest BCUT2D eigenvalue weighted by Gasteiger charge is -2.44. The Bertz CT molecular complexity index is 1620. The number of rotatable bonds is 7. The summed E-state index contributed by atoms with van der Waals surface area (Å²) in [6.07, 6.45) is 0.268. The van der Waals surface area contributed by atoms with Gasteiger partial charge in [0.05, 0.1) is 11.5 Å². The van der Waals surface area contributed by atoms with E-state index in [2.05, 4.69) is 65.1 Å². The summed E-state index contributed by atoms with van der Waals surface area (Å²) in [7, 11) is -2.19. The maximum absolute atomic E-state index is 14.1. The molecule has 0 heterocycles. The first-order valence-electron chi connectivity index (χ1n) is 17.1. The van der Waals surface area contributed by atoms with E-state index in [9.17, 15) is 14.4 Å². The van der Waals surface area contributed by atoms with Crippen LogP contribution in [0.3, 0.4) is 0 Å². The third-order valence-corrected chi connectivity index (χ3v) is 15.7. The molecule has 3 aliphatic carbocycles. The van der Waals surface area contributed by atoms with Crippen LogP contribution < -0.4 is 4.74 Å². The molecular weight excluding hydrogens is 623 g/mol. The number of amides is 1. The fourth-order valence-electron chi connectivity index (χ4n) is 7.54. The van der Waals surface area contributed by atoms with Crippen molar-refractivity contribution < 1.29 is 33.1 Å². The predicted molar refractivity (Wildman–Crippen MR) is 186 cm³/mol. The Morgan fingerprint density at radius 3 is 2.12 bits per heavy atom. The van der Waals surface area contributed by atoms with Gasteiger partial charge in [-0.15, -0.1) is 5.06 Å². The molecule has 48 heavy (non-hydrogen) atoms. The van der Waals surface area contributed by atoms with Crippen LogP contribution in [0.5, 0.6) is 5.75 Å². The first-order valence-corrected chi connectivity index (χ1v) is 20.0. The van der Waals surface area contributed by atoms with Gasteiger partial charge in [0.1, 0.15) is 18.1 Å². The van der Waals surface area contributed by atoms with Crippen LogP contribution in [0.15, 0.2) is 78.9 Å². The summed E-state index contributed by atoms with van der Waals surface area (Å²) in [5, 5.41) is 1.00. The molecule has 0 N–H and O–H groups in total. The van der Waals surface area contributed by atoms with Crippen molar-refractivity contribution in [2.75, 3.05) is 13.2 Å². The molecule has 0 bridgehead atoms. The van der Waals surface area contributed by atoms with Crippen molar-refractivity contribution in [2.24, 2.45) is 17.3 Å². The van der Waals surface area contributed by atoms with Crippen LogP contribution >= 0.6 is 0 Å². The summed E-state index contributed by atoms with van der Waals surface area (Å²) in [5.41, 5.74) is 3.61. The zero-order valence-electron chi connectivity index (χ0n) is 28.9. The third kappa shape index (κ3) is 6.54. The Morgan fingerprint density at radius 2 is 1.50 bits per heavy atom. The summed E-state index contributed by atoms with van der Waals surface area (Å²) < 4.78 is 18.2. The quantitative estimate of drug-likeness (QED) is 0.107. The van der Waals surface area contributed by atoms with E-state index in [1.165, 1.54) is 0 Å². The van der Waals surface area contributed by atoms with Gasteiger partial charge >= 0.3 is 12.2 Å². The SMILES string of the molecule is C[C@H]1CC(=O)[C@]2(CO[Si](C)(C)C(C)(C)C)C[C@H](N(OC(=O)Oc3ccccc3)C(=O)OCC3c4ccccc4-c4ccccc43)C[C@@H]2C1. The number of carbonyl (C=O) groups excluding carboxylic acids is 3. The summed E-state index contributed by atoms with van der Waals surface area (Å²) in [6, 6.07) is 24.2. The second-order valence-electron chi connectivity index (χ2n) is 15.4. The summed E-state index contributed by atoms with van der Waals surface area (Å²) >= 11 is 0. The summed E-state index contributed by atoms with van der Waals surface area (Å²) in [6.45, 7) is 13.4. The second kappa shape index (κ2) is 13.2. The Kier molecular flexibility index (Phi) is 9.30. The van der Waals surface area contributed by atoms with Gasteiger partial charge in [0.25, 0.3) is 0 Å². The van der Waals surface area contributed by atoms with Gasteiger partial charge < -0.3 is 13.9 Å². The average Bonchev–Trinajstić information content (AvgIpc) is 3.58. The van der Waals surface area contributed by atoms with Gasteiger partial charge in [0.2, 0.25) is 0 Å². The lowest BCUT2D eigenvalue weighted by molar-refractivity contribution is -0.140. The number of para-hydroxylation sites is 1. The van der Waals surface area contributed by atoms with Crippen LogP contribution in [0.2, 0.25) is 18.1 Å². The molecule has 0 spiro atoms. The van der Waals surface area contributed by atoms with E-state index in [1.54, 1.807) is 24.3 Å². The van der Waals surface area contributed by atoms with Crippen LogP contribution in [0.4, 0.5) is 9.59 Å². The smallest absolute Gasteiger partial charge is 0.446 e. The molecule has 1 amide bonds. The first kappa shape index (κ1) is 33.9. The van der Waals surface area contributed by atoms with Gasteiger partial charge in [-0.05, 0) is 83.6 Å². The molecule has 3 aromatic carbocycles. The lowest BCUT2D eigenvalue weighted by atomic mass is 9.65. The molecule has 0 aromatic heterocycles. The number of hydroxylamine groups is 2. The van der Waals surface area contributed by atoms with E-state index in [1.807, 2.05) is 30.3 Å². The van der Waals surface area contributed by atoms with E-state index in [-0.39, 0.29) is 35.2 Å². The highest BCUT2D eigenvalue weighted by molar-refractivity contribution is 6.74. The van der Waals surface area contributed by atoms with Crippen LogP contribution in [-0.4, -0.2) is 50.7 Å². The Hall–Kier alpha value is -3.95. The standard InChI is InChI=1S/C39H47NO7Si/c1-26-20-27-22-28(23-39(27,35(41)21-26)25-45-48(5,6)38(2,3)4)40(47-37(43)46-29-14-8-7-9-15-29)36(42)44-24-34-32-18-12-10-16-30(32)31-17-11-13-19-33(31)34/h7-19,26-28,34H,20-25H2,1-6H3/t26-,27+,28-,39+/m1/s1. The molecule has 3 aromatic rings. The maximum atomic E-state index is 14.1. The lowest BCUT2D eigenvalue weighted by Crippen LogP contribution is -2.50. The van der Waals surface area contributed by atoms with Crippen molar-refractivity contribution >= 4 is 26.3 Å². The highest BCUT2D eigenvalue weighted by atomic mass is 28.4. The fraction of sp³-hybridized carbons (Fsp3) is 0.462. The number of hydrogen-bond donors (Lipinski definition) is 0. The third-order valence-electron chi connectivity index (χ3n) is 11.2. The number of ketones is 1. The normalized spacial score (nSPS) is 23.5. The average molecular weight is 670 g/mol. The van der Waals surface area contributed by atoms with E-state index in [0.717, 1.165) is 33.7 Å².